The van der Waals surface area contributed by atoms with Crippen LogP contribution in [-0.2, 0) is 11.2 Å². The molecule has 7 heteroatoms. The van der Waals surface area contributed by atoms with Gasteiger partial charge in [0.1, 0.15) is 11.4 Å². The number of H-pyrrole nitrogens is 1. The van der Waals surface area contributed by atoms with Crippen molar-refractivity contribution in [3.05, 3.63) is 71.4 Å². The van der Waals surface area contributed by atoms with E-state index in [-0.39, 0.29) is 18.0 Å². The van der Waals surface area contributed by atoms with Crippen LogP contribution in [0.3, 0.4) is 0 Å². The van der Waals surface area contributed by atoms with E-state index in [9.17, 15) is 9.59 Å². The molecule has 0 aliphatic rings. The Balaban J connectivity index is 1.55. The number of rotatable bonds is 5. The van der Waals surface area contributed by atoms with Crippen molar-refractivity contribution in [1.82, 2.24) is 21.0 Å². The first-order valence-corrected chi connectivity index (χ1v) is 8.40. The van der Waals surface area contributed by atoms with E-state index in [4.69, 9.17) is 4.74 Å². The Morgan fingerprint density at radius 3 is 2.41 bits per heavy atom. The van der Waals surface area contributed by atoms with Gasteiger partial charge in [-0.05, 0) is 42.8 Å². The number of ether oxygens (including phenoxy) is 1. The highest BCUT2D eigenvalue weighted by molar-refractivity contribution is 5.94. The summed E-state index contributed by atoms with van der Waals surface area (Å²) in [5, 5.41) is 6.79. The quantitative estimate of drug-likeness (QED) is 0.606. The maximum absolute atomic E-state index is 12.2. The fraction of sp³-hybridized carbons (Fsp3) is 0.150. The largest absolute Gasteiger partial charge is 0.497 e. The van der Waals surface area contributed by atoms with Gasteiger partial charge in [0.15, 0.2) is 0 Å². The fourth-order valence-electron chi connectivity index (χ4n) is 2.48. The number of hydrogen-bond acceptors (Lipinski definition) is 4. The highest BCUT2D eigenvalue weighted by Crippen LogP contribution is 2.21. The number of benzene rings is 2. The molecule has 3 rings (SSSR count). The van der Waals surface area contributed by atoms with Crippen molar-refractivity contribution in [3.8, 4) is 17.0 Å². The summed E-state index contributed by atoms with van der Waals surface area (Å²) >= 11 is 0. The predicted octanol–water partition coefficient (Wildman–Crippen LogP) is 2.40. The van der Waals surface area contributed by atoms with Crippen molar-refractivity contribution in [2.45, 2.75) is 13.3 Å². The Bertz CT molecular complexity index is 931. The summed E-state index contributed by atoms with van der Waals surface area (Å²) in [6.07, 6.45) is 0.181. The summed E-state index contributed by atoms with van der Waals surface area (Å²) in [4.78, 5) is 24.1. The van der Waals surface area contributed by atoms with Gasteiger partial charge >= 0.3 is 0 Å². The second kappa shape index (κ2) is 8.18. The molecular formula is C20H20N4O3. The van der Waals surface area contributed by atoms with Crippen LogP contribution in [0.1, 0.15) is 21.6 Å². The molecule has 0 aliphatic heterocycles. The predicted molar refractivity (Wildman–Crippen MR) is 101 cm³/mol. The van der Waals surface area contributed by atoms with Gasteiger partial charge < -0.3 is 4.74 Å². The van der Waals surface area contributed by atoms with Gasteiger partial charge in [-0.3, -0.25) is 25.5 Å². The number of aromatic nitrogens is 2. The van der Waals surface area contributed by atoms with Gasteiger partial charge in [-0.15, -0.1) is 0 Å². The number of aryl methyl sites for hydroxylation is 1. The molecule has 0 spiro atoms. The molecule has 2 aromatic carbocycles. The number of nitrogens with one attached hydrogen (secondary N) is 3. The lowest BCUT2D eigenvalue weighted by atomic mass is 10.1. The van der Waals surface area contributed by atoms with Crippen molar-refractivity contribution in [2.24, 2.45) is 0 Å². The summed E-state index contributed by atoms with van der Waals surface area (Å²) in [5.74, 6) is -0.0369. The van der Waals surface area contributed by atoms with E-state index in [1.807, 2.05) is 55.5 Å². The van der Waals surface area contributed by atoms with Crippen LogP contribution >= 0.6 is 0 Å². The topological polar surface area (TPSA) is 96.1 Å². The van der Waals surface area contributed by atoms with Crippen molar-refractivity contribution in [1.29, 1.82) is 0 Å². The van der Waals surface area contributed by atoms with Crippen LogP contribution in [0.5, 0.6) is 5.75 Å². The van der Waals surface area contributed by atoms with Crippen LogP contribution < -0.4 is 15.6 Å². The Kier molecular flexibility index (Phi) is 5.51. The third-order valence-corrected chi connectivity index (χ3v) is 4.01. The SMILES string of the molecule is COc1ccc(-c2cc(C(=O)NNC(=O)Cc3ccc(C)cc3)[nH]n2)cc1. The van der Waals surface area contributed by atoms with Gasteiger partial charge in [-0.1, -0.05) is 29.8 Å². The first-order chi connectivity index (χ1) is 13.0. The smallest absolute Gasteiger partial charge is 0.287 e. The number of amides is 2. The lowest BCUT2D eigenvalue weighted by molar-refractivity contribution is -0.121. The Labute approximate surface area is 156 Å². The highest BCUT2D eigenvalue weighted by Gasteiger charge is 2.12. The van der Waals surface area contributed by atoms with Gasteiger partial charge in [0.05, 0.1) is 19.2 Å². The van der Waals surface area contributed by atoms with Gasteiger partial charge in [0, 0.05) is 5.56 Å². The summed E-state index contributed by atoms with van der Waals surface area (Å²) in [7, 11) is 1.60. The monoisotopic (exact) mass is 364 g/mol. The number of hydrogen-bond donors (Lipinski definition) is 3. The van der Waals surface area contributed by atoms with E-state index in [1.54, 1.807) is 13.2 Å². The number of carbonyl (C=O) groups is 2. The lowest BCUT2D eigenvalue weighted by Crippen LogP contribution is -2.42. The molecule has 1 aromatic heterocycles. The van der Waals surface area contributed by atoms with Gasteiger partial charge in [-0.25, -0.2) is 0 Å². The standard InChI is InChI=1S/C20H20N4O3/c1-13-3-5-14(6-4-13)11-19(25)23-24-20(26)18-12-17(21-22-18)15-7-9-16(27-2)10-8-15/h3-10,12H,11H2,1-2H3,(H,21,22)(H,23,25)(H,24,26). The number of methoxy groups -OCH3 is 1. The molecule has 0 bridgehead atoms. The van der Waals surface area contributed by atoms with Gasteiger partial charge in [-0.2, -0.15) is 5.10 Å². The maximum Gasteiger partial charge on any atom is 0.287 e. The first-order valence-electron chi connectivity index (χ1n) is 8.40. The van der Waals surface area contributed by atoms with E-state index < -0.39 is 5.91 Å². The molecular weight excluding hydrogens is 344 g/mol. The molecule has 0 aliphatic carbocycles. The molecule has 27 heavy (non-hydrogen) atoms. The zero-order chi connectivity index (χ0) is 19.2. The minimum atomic E-state index is -0.473. The summed E-state index contributed by atoms with van der Waals surface area (Å²) in [6, 6.07) is 16.6. The lowest BCUT2D eigenvalue weighted by Gasteiger charge is -2.06. The van der Waals surface area contributed by atoms with Crippen molar-refractivity contribution < 1.29 is 14.3 Å². The first kappa shape index (κ1) is 18.2. The van der Waals surface area contributed by atoms with Crippen molar-refractivity contribution in [2.75, 3.05) is 7.11 Å². The highest BCUT2D eigenvalue weighted by atomic mass is 16.5. The molecule has 1 heterocycles. The van der Waals surface area contributed by atoms with Crippen LogP contribution in [0.2, 0.25) is 0 Å². The molecule has 0 saturated carbocycles. The van der Waals surface area contributed by atoms with Crippen LogP contribution in [0, 0.1) is 6.92 Å². The van der Waals surface area contributed by atoms with E-state index in [0.29, 0.717) is 5.69 Å². The molecule has 2 amide bonds. The van der Waals surface area contributed by atoms with E-state index in [0.717, 1.165) is 22.4 Å². The third-order valence-electron chi connectivity index (χ3n) is 4.01. The average Bonchev–Trinajstić information content (AvgIpc) is 3.18. The number of aromatic amines is 1. The van der Waals surface area contributed by atoms with E-state index >= 15 is 0 Å². The van der Waals surface area contributed by atoms with Crippen molar-refractivity contribution >= 4 is 11.8 Å². The minimum absolute atomic E-state index is 0.181. The average molecular weight is 364 g/mol. The number of nitrogens with zero attached hydrogens (tertiary/aromatic N) is 1. The van der Waals surface area contributed by atoms with E-state index in [2.05, 4.69) is 21.0 Å². The number of hydrazine groups is 1. The zero-order valence-electron chi connectivity index (χ0n) is 15.1. The molecule has 0 saturated heterocycles. The summed E-state index contributed by atoms with van der Waals surface area (Å²) < 4.78 is 5.12. The van der Waals surface area contributed by atoms with Gasteiger partial charge in [0.25, 0.3) is 5.91 Å². The summed E-state index contributed by atoms with van der Waals surface area (Å²) in [6.45, 7) is 1.98. The van der Waals surface area contributed by atoms with Gasteiger partial charge in [0.2, 0.25) is 5.91 Å². The molecule has 0 atom stereocenters. The van der Waals surface area contributed by atoms with Crippen LogP contribution in [0.4, 0.5) is 0 Å². The van der Waals surface area contributed by atoms with Crippen LogP contribution in [-0.4, -0.2) is 29.1 Å². The Hall–Kier alpha value is -3.61. The minimum Gasteiger partial charge on any atom is -0.497 e. The molecule has 3 N–H and O–H groups in total. The maximum atomic E-state index is 12.2. The summed E-state index contributed by atoms with van der Waals surface area (Å²) in [5.41, 5.74) is 8.49. The Morgan fingerprint density at radius 1 is 1.04 bits per heavy atom. The molecule has 0 fully saturated rings. The third kappa shape index (κ3) is 4.72. The normalized spacial score (nSPS) is 10.3. The zero-order valence-corrected chi connectivity index (χ0v) is 15.1. The molecule has 3 aromatic rings. The molecule has 7 nitrogen and oxygen atoms in total. The molecule has 138 valence electrons. The second-order valence-corrected chi connectivity index (χ2v) is 6.06. The molecule has 0 unspecified atom stereocenters. The van der Waals surface area contributed by atoms with E-state index in [1.165, 1.54) is 0 Å². The van der Waals surface area contributed by atoms with Crippen LogP contribution in [0.15, 0.2) is 54.6 Å². The second-order valence-electron chi connectivity index (χ2n) is 6.06. The fourth-order valence-corrected chi connectivity index (χ4v) is 2.48. The van der Waals surface area contributed by atoms with Crippen molar-refractivity contribution in [3.63, 3.8) is 0 Å². The van der Waals surface area contributed by atoms with Crippen LogP contribution in [0.25, 0.3) is 11.3 Å². The Morgan fingerprint density at radius 2 is 1.74 bits per heavy atom. The molecule has 0 radical (unpaired) electrons. The number of carbonyl (C=O) groups excluding carboxylic acids is 2.